The Morgan fingerprint density at radius 3 is 3.00 bits per heavy atom. The van der Waals surface area contributed by atoms with Crippen molar-refractivity contribution in [2.75, 3.05) is 5.75 Å². The van der Waals surface area contributed by atoms with Gasteiger partial charge in [-0.2, -0.15) is 11.8 Å². The molecule has 2 atom stereocenters. The maximum absolute atomic E-state index is 5.76. The summed E-state index contributed by atoms with van der Waals surface area (Å²) in [5.74, 6) is 7.03. The molecule has 3 N–H and O–H groups in total. The van der Waals surface area contributed by atoms with Gasteiger partial charge in [-0.1, -0.05) is 18.6 Å². The van der Waals surface area contributed by atoms with Crippen LogP contribution in [0.4, 0.5) is 0 Å². The Kier molecular flexibility index (Phi) is 4.38. The minimum Gasteiger partial charge on any atom is -0.271 e. The molecule has 19 heavy (non-hydrogen) atoms. The number of nitrogens with two attached hydrogens (primary N) is 1. The summed E-state index contributed by atoms with van der Waals surface area (Å²) in [6.45, 7) is 0. The molecule has 0 aliphatic carbocycles. The zero-order valence-electron chi connectivity index (χ0n) is 10.8. The summed E-state index contributed by atoms with van der Waals surface area (Å²) < 4.78 is 1.27. The number of nitrogens with zero attached hydrogens (tertiary/aromatic N) is 1. The number of para-hydroxylation sites is 1. The highest BCUT2D eigenvalue weighted by Crippen LogP contribution is 2.30. The third kappa shape index (κ3) is 3.11. The van der Waals surface area contributed by atoms with Crippen molar-refractivity contribution in [3.63, 3.8) is 0 Å². The second kappa shape index (κ2) is 6.22. The van der Waals surface area contributed by atoms with E-state index in [9.17, 15) is 0 Å². The van der Waals surface area contributed by atoms with Crippen molar-refractivity contribution >= 4 is 33.3 Å². The van der Waals surface area contributed by atoms with Crippen LogP contribution in [-0.2, 0) is 6.42 Å². The Bertz CT molecular complexity index is 501. The number of nitrogens with one attached hydrogen (secondary N) is 1. The summed E-state index contributed by atoms with van der Waals surface area (Å²) >= 11 is 3.85. The first-order valence-corrected chi connectivity index (χ1v) is 8.65. The summed E-state index contributed by atoms with van der Waals surface area (Å²) in [6.07, 6.45) is 4.88. The van der Waals surface area contributed by atoms with E-state index in [1.165, 1.54) is 34.7 Å². The minimum absolute atomic E-state index is 0.339. The summed E-state index contributed by atoms with van der Waals surface area (Å²) in [7, 11) is 0. The van der Waals surface area contributed by atoms with E-state index in [0.29, 0.717) is 11.3 Å². The van der Waals surface area contributed by atoms with Crippen molar-refractivity contribution in [2.24, 2.45) is 5.84 Å². The van der Waals surface area contributed by atoms with E-state index >= 15 is 0 Å². The van der Waals surface area contributed by atoms with Crippen molar-refractivity contribution < 1.29 is 0 Å². The van der Waals surface area contributed by atoms with E-state index in [4.69, 9.17) is 10.8 Å². The van der Waals surface area contributed by atoms with E-state index in [1.54, 1.807) is 11.3 Å². The Morgan fingerprint density at radius 1 is 1.37 bits per heavy atom. The lowest BCUT2D eigenvalue weighted by Gasteiger charge is -2.28. The van der Waals surface area contributed by atoms with Crippen LogP contribution in [0.5, 0.6) is 0 Å². The molecule has 0 radical (unpaired) electrons. The number of hydrazine groups is 1. The van der Waals surface area contributed by atoms with Gasteiger partial charge in [0.25, 0.3) is 0 Å². The van der Waals surface area contributed by atoms with Crippen LogP contribution in [0.15, 0.2) is 24.3 Å². The first-order chi connectivity index (χ1) is 9.36. The zero-order chi connectivity index (χ0) is 13.1. The fourth-order valence-corrected chi connectivity index (χ4v) is 5.02. The molecule has 2 heterocycles. The van der Waals surface area contributed by atoms with Crippen LogP contribution < -0.4 is 11.3 Å². The normalized spacial score (nSPS) is 21.6. The van der Waals surface area contributed by atoms with E-state index < -0.39 is 0 Å². The molecule has 2 unspecified atom stereocenters. The number of thioether (sulfide) groups is 1. The number of rotatable bonds is 4. The van der Waals surface area contributed by atoms with Gasteiger partial charge in [0.15, 0.2) is 0 Å². The van der Waals surface area contributed by atoms with Gasteiger partial charge in [0, 0.05) is 17.7 Å². The minimum atomic E-state index is 0.339. The average molecular weight is 293 g/mol. The van der Waals surface area contributed by atoms with Crippen LogP contribution in [0.2, 0.25) is 0 Å². The van der Waals surface area contributed by atoms with Crippen LogP contribution in [0.3, 0.4) is 0 Å². The second-order valence-electron chi connectivity index (χ2n) is 4.96. The van der Waals surface area contributed by atoms with Gasteiger partial charge in [0.1, 0.15) is 0 Å². The van der Waals surface area contributed by atoms with Gasteiger partial charge in [-0.05, 0) is 30.7 Å². The molecule has 0 spiro atoms. The van der Waals surface area contributed by atoms with Gasteiger partial charge in [-0.25, -0.2) is 4.98 Å². The van der Waals surface area contributed by atoms with Crippen molar-refractivity contribution in [3.8, 4) is 0 Å². The Balaban J connectivity index is 1.74. The molecule has 1 saturated heterocycles. The highest BCUT2D eigenvalue weighted by Gasteiger charge is 2.24. The largest absolute Gasteiger partial charge is 0.271 e. The first kappa shape index (κ1) is 13.4. The third-order valence-corrected chi connectivity index (χ3v) is 6.19. The van der Waals surface area contributed by atoms with Crippen molar-refractivity contribution in [3.05, 3.63) is 29.3 Å². The van der Waals surface area contributed by atoms with Crippen molar-refractivity contribution in [1.29, 1.82) is 0 Å². The predicted molar refractivity (Wildman–Crippen MR) is 84.5 cm³/mol. The van der Waals surface area contributed by atoms with Crippen molar-refractivity contribution in [2.45, 2.75) is 37.0 Å². The quantitative estimate of drug-likeness (QED) is 0.672. The molecule has 1 aliphatic rings. The van der Waals surface area contributed by atoms with Gasteiger partial charge in [0.05, 0.1) is 15.2 Å². The fourth-order valence-electron chi connectivity index (χ4n) is 2.58. The Hall–Kier alpha value is -0.620. The molecule has 1 aliphatic heterocycles. The maximum Gasteiger partial charge on any atom is 0.0955 e. The number of hydrogen-bond acceptors (Lipinski definition) is 5. The van der Waals surface area contributed by atoms with E-state index in [1.807, 2.05) is 6.07 Å². The standard InChI is InChI=1S/C14H19N3S2/c15-17-11(12-6-3-4-8-18-12)9-14-16-10-5-1-2-7-13(10)19-14/h1-2,5,7,11-12,17H,3-4,6,8-9,15H2. The Labute approximate surface area is 122 Å². The maximum atomic E-state index is 5.76. The molecule has 3 nitrogen and oxygen atoms in total. The average Bonchev–Trinajstić information content (AvgIpc) is 2.88. The lowest BCUT2D eigenvalue weighted by atomic mass is 10.1. The molecule has 5 heteroatoms. The first-order valence-electron chi connectivity index (χ1n) is 6.79. The summed E-state index contributed by atoms with van der Waals surface area (Å²) in [5.41, 5.74) is 4.12. The molecule has 0 saturated carbocycles. The molecule has 1 aromatic carbocycles. The van der Waals surface area contributed by atoms with Gasteiger partial charge >= 0.3 is 0 Å². The summed E-state index contributed by atoms with van der Waals surface area (Å²) in [4.78, 5) is 4.71. The summed E-state index contributed by atoms with van der Waals surface area (Å²) in [6, 6.07) is 8.67. The lowest BCUT2D eigenvalue weighted by Crippen LogP contribution is -2.45. The molecule has 0 bridgehead atoms. The SMILES string of the molecule is NNC(Cc1nc2ccccc2s1)C1CCCCS1. The number of thiazole rings is 1. The van der Waals surface area contributed by atoms with Crippen LogP contribution in [0, 0.1) is 0 Å². The van der Waals surface area contributed by atoms with Crippen molar-refractivity contribution in [1.82, 2.24) is 10.4 Å². The van der Waals surface area contributed by atoms with E-state index in [2.05, 4.69) is 35.4 Å². The van der Waals surface area contributed by atoms with Gasteiger partial charge in [-0.3, -0.25) is 11.3 Å². The molecule has 1 aromatic heterocycles. The fraction of sp³-hybridized carbons (Fsp3) is 0.500. The number of hydrogen-bond donors (Lipinski definition) is 2. The van der Waals surface area contributed by atoms with Crippen LogP contribution in [0.1, 0.15) is 24.3 Å². The topological polar surface area (TPSA) is 50.9 Å². The smallest absolute Gasteiger partial charge is 0.0955 e. The zero-order valence-corrected chi connectivity index (χ0v) is 12.5. The molecule has 0 amide bonds. The predicted octanol–water partition coefficient (Wildman–Crippen LogP) is 2.96. The van der Waals surface area contributed by atoms with Gasteiger partial charge in [0.2, 0.25) is 0 Å². The molecule has 102 valence electrons. The molecule has 2 aromatic rings. The van der Waals surface area contributed by atoms with E-state index in [0.717, 1.165) is 11.9 Å². The third-order valence-electron chi connectivity index (χ3n) is 3.61. The molecular weight excluding hydrogens is 274 g/mol. The summed E-state index contributed by atoms with van der Waals surface area (Å²) in [5, 5.41) is 1.82. The highest BCUT2D eigenvalue weighted by atomic mass is 32.2. The van der Waals surface area contributed by atoms with Gasteiger partial charge < -0.3 is 0 Å². The number of aromatic nitrogens is 1. The number of benzene rings is 1. The second-order valence-corrected chi connectivity index (χ2v) is 7.42. The molecule has 3 rings (SSSR count). The molecular formula is C14H19N3S2. The monoisotopic (exact) mass is 293 g/mol. The van der Waals surface area contributed by atoms with Crippen LogP contribution >= 0.6 is 23.1 Å². The van der Waals surface area contributed by atoms with Crippen LogP contribution in [0.25, 0.3) is 10.2 Å². The van der Waals surface area contributed by atoms with E-state index in [-0.39, 0.29) is 0 Å². The highest BCUT2D eigenvalue weighted by molar-refractivity contribution is 8.00. The van der Waals surface area contributed by atoms with Gasteiger partial charge in [-0.15, -0.1) is 11.3 Å². The van der Waals surface area contributed by atoms with Crippen LogP contribution in [-0.4, -0.2) is 22.0 Å². The number of fused-ring (bicyclic) bond motifs is 1. The lowest BCUT2D eigenvalue weighted by molar-refractivity contribution is 0.471. The Morgan fingerprint density at radius 2 is 2.26 bits per heavy atom. The molecule has 1 fully saturated rings.